The van der Waals surface area contributed by atoms with Crippen molar-refractivity contribution in [3.63, 3.8) is 0 Å². The second kappa shape index (κ2) is 3.93. The molecule has 2 bridgehead atoms. The first-order valence-electron chi connectivity index (χ1n) is 7.74. The highest BCUT2D eigenvalue weighted by atomic mass is 32.2. The Balaban J connectivity index is 1.80. The van der Waals surface area contributed by atoms with E-state index in [1.807, 2.05) is 0 Å². The fourth-order valence-electron chi connectivity index (χ4n) is 5.22. The Morgan fingerprint density at radius 1 is 1.41 bits per heavy atom. The van der Waals surface area contributed by atoms with Crippen LogP contribution in [0, 0.1) is 16.7 Å². The van der Waals surface area contributed by atoms with E-state index in [0.717, 1.165) is 19.3 Å². The Morgan fingerprint density at radius 3 is 2.73 bits per heavy atom. The number of aryl methyl sites for hydroxylation is 1. The number of aromatic nitrogens is 2. The smallest absolute Gasteiger partial charge is 0.270 e. The van der Waals surface area contributed by atoms with Gasteiger partial charge in [-0.1, -0.05) is 13.8 Å². The first-order valence-corrected chi connectivity index (χ1v) is 9.35. The molecule has 7 heteroatoms. The van der Waals surface area contributed by atoms with Gasteiger partial charge >= 0.3 is 0 Å². The topological polar surface area (TPSA) is 72.3 Å². The van der Waals surface area contributed by atoms with Gasteiger partial charge < -0.3 is 0 Å². The summed E-state index contributed by atoms with van der Waals surface area (Å²) >= 11 is 0. The summed E-state index contributed by atoms with van der Waals surface area (Å²) in [5.41, 5.74) is 0.0620. The van der Waals surface area contributed by atoms with Crippen LogP contribution < -0.4 is 0 Å². The van der Waals surface area contributed by atoms with Gasteiger partial charge in [0.25, 0.3) is 5.91 Å². The summed E-state index contributed by atoms with van der Waals surface area (Å²) in [6, 6.07) is -0.182. The number of hydrogen-bond acceptors (Lipinski definition) is 4. The van der Waals surface area contributed by atoms with Gasteiger partial charge in [-0.25, -0.2) is 12.7 Å². The molecule has 0 unspecified atom stereocenters. The fraction of sp³-hybridized carbons (Fsp3) is 0.733. The van der Waals surface area contributed by atoms with Gasteiger partial charge in [0.15, 0.2) is 0 Å². The van der Waals surface area contributed by atoms with E-state index in [-0.39, 0.29) is 22.6 Å². The van der Waals surface area contributed by atoms with Crippen molar-refractivity contribution in [3.05, 3.63) is 18.0 Å². The molecule has 1 aromatic rings. The van der Waals surface area contributed by atoms with Crippen LogP contribution in [-0.2, 0) is 17.1 Å². The molecule has 3 aliphatic rings. The standard InChI is InChI=1S/C15H21N3O3S/c1-14(2)11-4-5-15(14)9-22(20,21)18(12(15)6-11)13(19)10-7-16-17(3)8-10/h7-8,11-12H,4-6,9H2,1-3H3/t11-,12-,15+/m1/s1. The molecule has 4 rings (SSSR count). The Morgan fingerprint density at radius 2 is 2.14 bits per heavy atom. The van der Waals surface area contributed by atoms with E-state index in [0.29, 0.717) is 11.5 Å². The van der Waals surface area contributed by atoms with Gasteiger partial charge in [0.1, 0.15) is 0 Å². The number of carbonyl (C=O) groups excluding carboxylic acids is 1. The summed E-state index contributed by atoms with van der Waals surface area (Å²) in [6.45, 7) is 4.36. The molecule has 1 amide bonds. The normalized spacial score (nSPS) is 37.5. The molecule has 3 fully saturated rings. The van der Waals surface area contributed by atoms with Crippen LogP contribution in [0.1, 0.15) is 43.5 Å². The molecule has 6 nitrogen and oxygen atoms in total. The van der Waals surface area contributed by atoms with Gasteiger partial charge in [-0.15, -0.1) is 0 Å². The van der Waals surface area contributed by atoms with Crippen molar-refractivity contribution in [2.24, 2.45) is 23.8 Å². The maximum atomic E-state index is 12.8. The number of amides is 1. The van der Waals surface area contributed by atoms with Crippen molar-refractivity contribution >= 4 is 15.9 Å². The van der Waals surface area contributed by atoms with Crippen molar-refractivity contribution in [1.29, 1.82) is 0 Å². The molecule has 1 aliphatic heterocycles. The highest BCUT2D eigenvalue weighted by Crippen LogP contribution is 2.70. The minimum absolute atomic E-state index is 0.0191. The third-order valence-electron chi connectivity index (χ3n) is 6.56. The molecule has 2 saturated carbocycles. The minimum Gasteiger partial charge on any atom is -0.275 e. The average Bonchev–Trinajstić information content (AvgIpc) is 3.06. The number of carbonyl (C=O) groups is 1. The van der Waals surface area contributed by atoms with Crippen LogP contribution in [0.3, 0.4) is 0 Å². The number of rotatable bonds is 1. The molecule has 1 saturated heterocycles. The highest BCUT2D eigenvalue weighted by molar-refractivity contribution is 7.90. The molecule has 0 radical (unpaired) electrons. The molecule has 120 valence electrons. The van der Waals surface area contributed by atoms with Crippen LogP contribution in [0.25, 0.3) is 0 Å². The van der Waals surface area contributed by atoms with E-state index in [1.54, 1.807) is 13.2 Å². The highest BCUT2D eigenvalue weighted by Gasteiger charge is 2.72. The molecule has 2 aliphatic carbocycles. The van der Waals surface area contributed by atoms with E-state index in [9.17, 15) is 13.2 Å². The molecule has 0 aromatic carbocycles. The lowest BCUT2D eigenvalue weighted by molar-refractivity contribution is 0.0701. The van der Waals surface area contributed by atoms with Crippen LogP contribution in [0.4, 0.5) is 0 Å². The lowest BCUT2D eigenvalue weighted by atomic mass is 9.69. The number of nitrogens with zero attached hydrogens (tertiary/aromatic N) is 3. The van der Waals surface area contributed by atoms with E-state index < -0.39 is 15.9 Å². The third kappa shape index (κ3) is 1.48. The van der Waals surface area contributed by atoms with Gasteiger partial charge in [-0.3, -0.25) is 9.48 Å². The second-order valence-electron chi connectivity index (χ2n) is 7.62. The van der Waals surface area contributed by atoms with E-state index >= 15 is 0 Å². The third-order valence-corrected chi connectivity index (χ3v) is 8.46. The first-order chi connectivity index (χ1) is 10.2. The minimum atomic E-state index is -3.55. The first kappa shape index (κ1) is 14.2. The van der Waals surface area contributed by atoms with E-state index in [4.69, 9.17) is 0 Å². The summed E-state index contributed by atoms with van der Waals surface area (Å²) in [7, 11) is -1.83. The van der Waals surface area contributed by atoms with E-state index in [2.05, 4.69) is 18.9 Å². The summed E-state index contributed by atoms with van der Waals surface area (Å²) in [5.74, 6) is 0.204. The van der Waals surface area contributed by atoms with Gasteiger partial charge in [-0.05, 0) is 30.6 Å². The monoisotopic (exact) mass is 323 g/mol. The summed E-state index contributed by atoms with van der Waals surface area (Å²) in [6.07, 6.45) is 5.82. The van der Waals surface area contributed by atoms with Crippen LogP contribution in [-0.4, -0.2) is 40.2 Å². The van der Waals surface area contributed by atoms with Crippen molar-refractivity contribution in [2.45, 2.75) is 39.2 Å². The number of sulfonamides is 1. The van der Waals surface area contributed by atoms with Crippen LogP contribution in [0.5, 0.6) is 0 Å². The fourth-order valence-corrected chi connectivity index (χ4v) is 7.75. The number of fused-ring (bicyclic) bond motifs is 1. The van der Waals surface area contributed by atoms with Gasteiger partial charge in [0.05, 0.1) is 23.6 Å². The quantitative estimate of drug-likeness (QED) is 0.783. The predicted octanol–water partition coefficient (Wildman–Crippen LogP) is 1.40. The van der Waals surface area contributed by atoms with Crippen molar-refractivity contribution < 1.29 is 13.2 Å². The SMILES string of the molecule is Cn1cc(C(=O)N2[C@@H]3C[C@H]4CC[C@@]3(CS2(=O)=O)C4(C)C)cn1. The molecule has 3 atom stereocenters. The Hall–Kier alpha value is -1.37. The zero-order chi connectivity index (χ0) is 15.9. The maximum Gasteiger partial charge on any atom is 0.270 e. The molecule has 0 N–H and O–H groups in total. The Bertz CT molecular complexity index is 767. The summed E-state index contributed by atoms with van der Waals surface area (Å²) in [5, 5.41) is 3.99. The molecular weight excluding hydrogens is 302 g/mol. The van der Waals surface area contributed by atoms with Crippen LogP contribution >= 0.6 is 0 Å². The lowest BCUT2D eigenvalue weighted by Gasteiger charge is -2.37. The lowest BCUT2D eigenvalue weighted by Crippen LogP contribution is -2.44. The van der Waals surface area contributed by atoms with Gasteiger partial charge in [0.2, 0.25) is 10.0 Å². The average molecular weight is 323 g/mol. The van der Waals surface area contributed by atoms with Gasteiger partial charge in [0, 0.05) is 18.7 Å². The van der Waals surface area contributed by atoms with Crippen LogP contribution in [0.2, 0.25) is 0 Å². The predicted molar refractivity (Wildman–Crippen MR) is 80.5 cm³/mol. The molecule has 1 aromatic heterocycles. The van der Waals surface area contributed by atoms with E-state index in [1.165, 1.54) is 15.2 Å². The zero-order valence-electron chi connectivity index (χ0n) is 13.1. The molecule has 22 heavy (non-hydrogen) atoms. The van der Waals surface area contributed by atoms with Gasteiger partial charge in [-0.2, -0.15) is 5.10 Å². The molecule has 1 spiro atoms. The zero-order valence-corrected chi connectivity index (χ0v) is 13.9. The second-order valence-corrected chi connectivity index (χ2v) is 9.47. The molecular formula is C15H21N3O3S. The largest absolute Gasteiger partial charge is 0.275 e. The number of hydrogen-bond donors (Lipinski definition) is 0. The maximum absolute atomic E-state index is 12.8. The summed E-state index contributed by atoms with van der Waals surface area (Å²) < 4.78 is 28.2. The van der Waals surface area contributed by atoms with Crippen molar-refractivity contribution in [1.82, 2.24) is 14.1 Å². The Labute approximate surface area is 130 Å². The van der Waals surface area contributed by atoms with Crippen LogP contribution in [0.15, 0.2) is 12.4 Å². The Kier molecular flexibility index (Phi) is 2.54. The van der Waals surface area contributed by atoms with Crippen molar-refractivity contribution in [3.8, 4) is 0 Å². The summed E-state index contributed by atoms with van der Waals surface area (Å²) in [4.78, 5) is 12.8. The molecule has 2 heterocycles. The van der Waals surface area contributed by atoms with Crippen molar-refractivity contribution in [2.75, 3.05) is 5.75 Å².